The molecule has 2 aromatic carbocycles. The number of hydrogen-bond acceptors (Lipinski definition) is 4. The molecule has 0 saturated carbocycles. The van der Waals surface area contributed by atoms with Gasteiger partial charge in [0.05, 0.1) is 11.1 Å². The zero-order valence-corrected chi connectivity index (χ0v) is 19.7. The molecule has 0 spiro atoms. The minimum Gasteiger partial charge on any atom is -0.369 e. The number of piperazine rings is 1. The molecular formula is C22H29Cl2N3O2S. The Hall–Kier alpha value is -1.47. The van der Waals surface area contributed by atoms with E-state index in [0.717, 1.165) is 43.0 Å². The maximum Gasteiger partial charge on any atom is 0.252 e. The summed E-state index contributed by atoms with van der Waals surface area (Å²) in [6.07, 6.45) is 0.131. The standard InChI is InChI=1S/C22H29Cl2N3O2S/c1-3-27(19-10-8-18(9-11-19)26-14-12-25-13-15-26)30(28,29)22(24)16-21(23)20-7-5-4-6-17(20)2/h4-11,21-22,25H,3,12-16H2,1-2H3. The summed E-state index contributed by atoms with van der Waals surface area (Å²) in [5, 5.41) is 2.86. The molecule has 3 rings (SSSR count). The number of anilines is 2. The lowest BCUT2D eigenvalue weighted by Crippen LogP contribution is -2.43. The van der Waals surface area contributed by atoms with Crippen molar-refractivity contribution in [3.8, 4) is 0 Å². The van der Waals surface area contributed by atoms with Gasteiger partial charge in [-0.3, -0.25) is 4.31 Å². The summed E-state index contributed by atoms with van der Waals surface area (Å²) in [6, 6.07) is 15.3. The Bertz CT molecular complexity index is 932. The van der Waals surface area contributed by atoms with Gasteiger partial charge in [0.2, 0.25) is 0 Å². The Balaban J connectivity index is 1.74. The zero-order valence-electron chi connectivity index (χ0n) is 17.4. The Morgan fingerprint density at radius 3 is 2.30 bits per heavy atom. The lowest BCUT2D eigenvalue weighted by molar-refractivity contribution is 0.583. The monoisotopic (exact) mass is 469 g/mol. The highest BCUT2D eigenvalue weighted by molar-refractivity contribution is 7.94. The maximum atomic E-state index is 13.2. The maximum absolute atomic E-state index is 13.2. The van der Waals surface area contributed by atoms with Gasteiger partial charge in [-0.25, -0.2) is 8.42 Å². The number of benzene rings is 2. The third-order valence-electron chi connectivity index (χ3n) is 5.46. The van der Waals surface area contributed by atoms with Crippen molar-refractivity contribution in [2.75, 3.05) is 41.9 Å². The second-order valence-corrected chi connectivity index (χ2v) is 10.8. The fourth-order valence-electron chi connectivity index (χ4n) is 3.75. The third-order valence-corrected chi connectivity index (χ3v) is 8.64. The molecule has 1 saturated heterocycles. The lowest BCUT2D eigenvalue weighted by Gasteiger charge is -2.30. The van der Waals surface area contributed by atoms with Crippen LogP contribution in [-0.2, 0) is 10.0 Å². The van der Waals surface area contributed by atoms with Crippen LogP contribution in [0.25, 0.3) is 0 Å². The van der Waals surface area contributed by atoms with Gasteiger partial charge in [-0.15, -0.1) is 23.2 Å². The molecule has 1 aliphatic heterocycles. The van der Waals surface area contributed by atoms with E-state index in [1.807, 2.05) is 62.4 Å². The molecule has 0 radical (unpaired) electrons. The third kappa shape index (κ3) is 5.22. The van der Waals surface area contributed by atoms with Crippen molar-refractivity contribution in [1.29, 1.82) is 0 Å². The minimum atomic E-state index is -3.77. The van der Waals surface area contributed by atoms with E-state index in [1.165, 1.54) is 4.31 Å². The average molecular weight is 470 g/mol. The van der Waals surface area contributed by atoms with Gasteiger partial charge in [-0.1, -0.05) is 24.3 Å². The molecule has 1 N–H and O–H groups in total. The van der Waals surface area contributed by atoms with Crippen LogP contribution in [0.4, 0.5) is 11.4 Å². The van der Waals surface area contributed by atoms with E-state index in [1.54, 1.807) is 0 Å². The first-order valence-electron chi connectivity index (χ1n) is 10.3. The summed E-state index contributed by atoms with van der Waals surface area (Å²) >= 11 is 13.0. The number of sulfonamides is 1. The van der Waals surface area contributed by atoms with E-state index in [-0.39, 0.29) is 6.42 Å². The van der Waals surface area contributed by atoms with Crippen LogP contribution in [-0.4, -0.2) is 45.9 Å². The molecule has 0 bridgehead atoms. The Labute approximate surface area is 190 Å². The molecular weight excluding hydrogens is 441 g/mol. The van der Waals surface area contributed by atoms with Crippen molar-refractivity contribution in [3.63, 3.8) is 0 Å². The Kier molecular flexibility index (Phi) is 7.91. The van der Waals surface area contributed by atoms with E-state index in [0.29, 0.717) is 12.2 Å². The normalized spacial score (nSPS) is 16.9. The van der Waals surface area contributed by atoms with Crippen LogP contribution < -0.4 is 14.5 Å². The summed E-state index contributed by atoms with van der Waals surface area (Å²) < 4.78 is 26.7. The van der Waals surface area contributed by atoms with Gasteiger partial charge in [0, 0.05) is 44.8 Å². The fourth-order valence-corrected chi connectivity index (χ4v) is 6.32. The van der Waals surface area contributed by atoms with Crippen LogP contribution in [0.3, 0.4) is 0 Å². The summed E-state index contributed by atoms with van der Waals surface area (Å²) in [6.45, 7) is 7.85. The van der Waals surface area contributed by atoms with Crippen LogP contribution in [0.2, 0.25) is 0 Å². The summed E-state index contributed by atoms with van der Waals surface area (Å²) in [5.74, 6) is 0. The topological polar surface area (TPSA) is 52.6 Å². The number of halogens is 2. The first-order valence-corrected chi connectivity index (χ1v) is 12.6. The van der Waals surface area contributed by atoms with Crippen LogP contribution in [0.1, 0.15) is 29.8 Å². The number of nitrogens with one attached hydrogen (secondary N) is 1. The molecule has 30 heavy (non-hydrogen) atoms. The molecule has 0 amide bonds. The van der Waals surface area contributed by atoms with E-state index in [4.69, 9.17) is 23.2 Å². The summed E-state index contributed by atoms with van der Waals surface area (Å²) in [4.78, 5) is 2.29. The summed E-state index contributed by atoms with van der Waals surface area (Å²) in [7, 11) is -3.77. The lowest BCUT2D eigenvalue weighted by atomic mass is 10.0. The number of hydrogen-bond donors (Lipinski definition) is 1. The van der Waals surface area contributed by atoms with Crippen molar-refractivity contribution in [1.82, 2.24) is 5.32 Å². The van der Waals surface area contributed by atoms with Crippen LogP contribution >= 0.6 is 23.2 Å². The van der Waals surface area contributed by atoms with Crippen molar-refractivity contribution in [2.45, 2.75) is 30.4 Å². The molecule has 0 aliphatic carbocycles. The molecule has 2 atom stereocenters. The van der Waals surface area contributed by atoms with Gasteiger partial charge in [0.15, 0.2) is 4.71 Å². The quantitative estimate of drug-likeness (QED) is 0.578. The largest absolute Gasteiger partial charge is 0.369 e. The molecule has 2 aromatic rings. The zero-order chi connectivity index (χ0) is 21.7. The molecule has 2 unspecified atom stereocenters. The predicted molar refractivity (Wildman–Crippen MR) is 127 cm³/mol. The summed E-state index contributed by atoms with van der Waals surface area (Å²) in [5.41, 5.74) is 3.64. The predicted octanol–water partition coefficient (Wildman–Crippen LogP) is 4.50. The molecule has 164 valence electrons. The van der Waals surface area contributed by atoms with Gasteiger partial charge in [-0.2, -0.15) is 0 Å². The first kappa shape index (κ1) is 23.2. The molecule has 8 heteroatoms. The molecule has 0 aromatic heterocycles. The molecule has 5 nitrogen and oxygen atoms in total. The smallest absolute Gasteiger partial charge is 0.252 e. The van der Waals surface area contributed by atoms with Crippen molar-refractivity contribution >= 4 is 44.6 Å². The van der Waals surface area contributed by atoms with Gasteiger partial charge >= 0.3 is 0 Å². The van der Waals surface area contributed by atoms with E-state index >= 15 is 0 Å². The second kappa shape index (κ2) is 10.2. The van der Waals surface area contributed by atoms with Crippen molar-refractivity contribution in [3.05, 3.63) is 59.7 Å². The highest BCUT2D eigenvalue weighted by atomic mass is 35.5. The SMILES string of the molecule is CCN(c1ccc(N2CCNCC2)cc1)S(=O)(=O)C(Cl)CC(Cl)c1ccccc1C. The fraction of sp³-hybridized carbons (Fsp3) is 0.455. The highest BCUT2D eigenvalue weighted by Crippen LogP contribution is 2.34. The van der Waals surface area contributed by atoms with E-state index < -0.39 is 20.1 Å². The van der Waals surface area contributed by atoms with E-state index in [9.17, 15) is 8.42 Å². The van der Waals surface area contributed by atoms with E-state index in [2.05, 4.69) is 10.2 Å². The van der Waals surface area contributed by atoms with Crippen molar-refractivity contribution < 1.29 is 8.42 Å². The van der Waals surface area contributed by atoms with Gasteiger partial charge < -0.3 is 10.2 Å². The number of aryl methyl sites for hydroxylation is 1. The van der Waals surface area contributed by atoms with Gasteiger partial charge in [0.25, 0.3) is 10.0 Å². The Morgan fingerprint density at radius 1 is 1.07 bits per heavy atom. The number of rotatable bonds is 8. The first-order chi connectivity index (χ1) is 14.3. The van der Waals surface area contributed by atoms with Crippen LogP contribution in [0.15, 0.2) is 48.5 Å². The second-order valence-electron chi connectivity index (χ2n) is 7.43. The molecule has 1 fully saturated rings. The average Bonchev–Trinajstić information content (AvgIpc) is 2.75. The van der Waals surface area contributed by atoms with Crippen LogP contribution in [0, 0.1) is 6.92 Å². The number of nitrogens with zero attached hydrogens (tertiary/aromatic N) is 2. The Morgan fingerprint density at radius 2 is 1.70 bits per heavy atom. The number of alkyl halides is 2. The molecule has 1 heterocycles. The minimum absolute atomic E-state index is 0.131. The molecule has 1 aliphatic rings. The van der Waals surface area contributed by atoms with Crippen molar-refractivity contribution in [2.24, 2.45) is 0 Å². The van der Waals surface area contributed by atoms with Gasteiger partial charge in [-0.05, 0) is 49.2 Å². The van der Waals surface area contributed by atoms with Gasteiger partial charge in [0.1, 0.15) is 0 Å². The highest BCUT2D eigenvalue weighted by Gasteiger charge is 2.32. The van der Waals surface area contributed by atoms with Crippen LogP contribution in [0.5, 0.6) is 0 Å².